The van der Waals surface area contributed by atoms with E-state index in [0.29, 0.717) is 33.9 Å². The van der Waals surface area contributed by atoms with Gasteiger partial charge in [-0.3, -0.25) is 9.69 Å². The first-order valence-corrected chi connectivity index (χ1v) is 9.02. The Balaban J connectivity index is 1.94. The fraction of sp³-hybridized carbons (Fsp3) is 0.150. The van der Waals surface area contributed by atoms with Gasteiger partial charge in [-0.2, -0.15) is 0 Å². The minimum Gasteiger partial charge on any atom is -0.493 e. The zero-order valence-electron chi connectivity index (χ0n) is 15.1. The van der Waals surface area contributed by atoms with Crippen LogP contribution in [0.4, 0.5) is 5.82 Å². The average molecular weight is 381 g/mol. The van der Waals surface area contributed by atoms with E-state index in [1.54, 1.807) is 43.5 Å². The van der Waals surface area contributed by atoms with Crippen molar-refractivity contribution in [3.8, 4) is 11.5 Å². The van der Waals surface area contributed by atoms with Gasteiger partial charge in [0, 0.05) is 12.7 Å². The fourth-order valence-electron chi connectivity index (χ4n) is 2.49. The average Bonchev–Trinajstić information content (AvgIpc) is 2.97. The summed E-state index contributed by atoms with van der Waals surface area (Å²) in [7, 11) is 3.16. The van der Waals surface area contributed by atoms with Crippen molar-refractivity contribution in [3.63, 3.8) is 0 Å². The molecule has 1 aromatic carbocycles. The van der Waals surface area contributed by atoms with Gasteiger partial charge < -0.3 is 9.47 Å². The third kappa shape index (κ3) is 4.20. The molecule has 0 spiro atoms. The van der Waals surface area contributed by atoms with Gasteiger partial charge in [-0.25, -0.2) is 9.98 Å². The number of ether oxygens (including phenoxy) is 2. The molecular weight excluding hydrogens is 362 g/mol. The Morgan fingerprint density at radius 3 is 2.70 bits per heavy atom. The molecule has 2 aromatic rings. The van der Waals surface area contributed by atoms with Crippen LogP contribution >= 0.6 is 11.8 Å². The second-order valence-corrected chi connectivity index (χ2v) is 6.52. The van der Waals surface area contributed by atoms with Gasteiger partial charge in [0.05, 0.1) is 19.1 Å². The number of carbonyl (C=O) groups excluding carboxylic acids is 1. The lowest BCUT2D eigenvalue weighted by Crippen LogP contribution is -2.29. The van der Waals surface area contributed by atoms with Crippen molar-refractivity contribution >= 4 is 34.7 Å². The summed E-state index contributed by atoms with van der Waals surface area (Å²) in [6.45, 7) is 4.10. The number of methoxy groups -OCH3 is 2. The van der Waals surface area contributed by atoms with E-state index in [2.05, 4.69) is 16.6 Å². The van der Waals surface area contributed by atoms with Gasteiger partial charge in [-0.05, 0) is 47.7 Å². The van der Waals surface area contributed by atoms with Crippen molar-refractivity contribution < 1.29 is 14.3 Å². The molecule has 0 bridgehead atoms. The predicted molar refractivity (Wildman–Crippen MR) is 108 cm³/mol. The molecular formula is C20H19N3O3S. The van der Waals surface area contributed by atoms with Crippen LogP contribution in [0.25, 0.3) is 6.08 Å². The molecule has 1 amide bonds. The molecule has 27 heavy (non-hydrogen) atoms. The van der Waals surface area contributed by atoms with Gasteiger partial charge in [0.1, 0.15) is 0 Å². The molecule has 0 aliphatic carbocycles. The van der Waals surface area contributed by atoms with E-state index in [9.17, 15) is 4.79 Å². The number of hydrogen-bond acceptors (Lipinski definition) is 6. The molecule has 0 radical (unpaired) electrons. The number of benzene rings is 1. The monoisotopic (exact) mass is 381 g/mol. The van der Waals surface area contributed by atoms with Crippen molar-refractivity contribution in [2.75, 3.05) is 20.8 Å². The molecule has 1 fully saturated rings. The highest BCUT2D eigenvalue weighted by molar-refractivity contribution is 8.18. The minimum absolute atomic E-state index is 0.121. The maximum Gasteiger partial charge on any atom is 0.267 e. The van der Waals surface area contributed by atoms with Crippen LogP contribution in [0.15, 0.2) is 65.1 Å². The van der Waals surface area contributed by atoms with E-state index in [1.165, 1.54) is 11.8 Å². The first-order valence-electron chi connectivity index (χ1n) is 8.20. The summed E-state index contributed by atoms with van der Waals surface area (Å²) < 4.78 is 10.6. The van der Waals surface area contributed by atoms with Crippen LogP contribution in [-0.4, -0.2) is 41.7 Å². The Morgan fingerprint density at radius 1 is 1.22 bits per heavy atom. The van der Waals surface area contributed by atoms with Crippen LogP contribution < -0.4 is 9.47 Å². The smallest absolute Gasteiger partial charge is 0.267 e. The standard InChI is InChI=1S/C20H19N3O3S/c1-4-11-23-19(24)17(27-20(23)22-18-7-5-6-10-21-18)13-14-8-9-15(25-2)16(12-14)26-3/h4-10,12-13H,1,11H2,2-3H3/b17-13-,22-20+. The molecule has 7 heteroatoms. The number of amidine groups is 1. The van der Waals surface area contributed by atoms with Crippen LogP contribution in [-0.2, 0) is 4.79 Å². The van der Waals surface area contributed by atoms with Crippen molar-refractivity contribution in [2.45, 2.75) is 0 Å². The van der Waals surface area contributed by atoms with Crippen molar-refractivity contribution in [1.29, 1.82) is 0 Å². The molecule has 1 saturated heterocycles. The van der Waals surface area contributed by atoms with E-state index in [4.69, 9.17) is 9.47 Å². The molecule has 0 unspecified atom stereocenters. The molecule has 138 valence electrons. The molecule has 1 aliphatic heterocycles. The minimum atomic E-state index is -0.121. The maximum absolute atomic E-state index is 12.8. The maximum atomic E-state index is 12.8. The highest BCUT2D eigenvalue weighted by Gasteiger charge is 2.32. The Hall–Kier alpha value is -3.06. The summed E-state index contributed by atoms with van der Waals surface area (Å²) in [6.07, 6.45) is 5.15. The summed E-state index contributed by atoms with van der Waals surface area (Å²) in [5, 5.41) is 0.574. The van der Waals surface area contributed by atoms with E-state index < -0.39 is 0 Å². The van der Waals surface area contributed by atoms with Crippen LogP contribution in [0.1, 0.15) is 5.56 Å². The summed E-state index contributed by atoms with van der Waals surface area (Å²) in [6, 6.07) is 11.0. The highest BCUT2D eigenvalue weighted by Crippen LogP contribution is 2.35. The Morgan fingerprint density at radius 2 is 2.04 bits per heavy atom. The third-order valence-corrected chi connectivity index (χ3v) is 4.77. The first-order chi connectivity index (χ1) is 13.2. The van der Waals surface area contributed by atoms with E-state index in [-0.39, 0.29) is 5.91 Å². The number of aliphatic imine (C=N–C) groups is 1. The van der Waals surface area contributed by atoms with E-state index in [1.807, 2.05) is 30.3 Å². The number of nitrogens with zero attached hydrogens (tertiary/aromatic N) is 3. The third-order valence-electron chi connectivity index (χ3n) is 3.76. The number of aromatic nitrogens is 1. The Labute approximate surface area is 162 Å². The first kappa shape index (κ1) is 18.7. The van der Waals surface area contributed by atoms with Crippen LogP contribution in [0.3, 0.4) is 0 Å². The second kappa shape index (κ2) is 8.55. The molecule has 1 aliphatic rings. The zero-order valence-corrected chi connectivity index (χ0v) is 15.9. The summed E-state index contributed by atoms with van der Waals surface area (Å²) >= 11 is 1.31. The molecule has 2 heterocycles. The zero-order chi connectivity index (χ0) is 19.2. The van der Waals surface area contributed by atoms with Gasteiger partial charge in [0.25, 0.3) is 5.91 Å². The topological polar surface area (TPSA) is 64.0 Å². The Bertz CT molecular complexity index is 910. The number of carbonyl (C=O) groups is 1. The summed E-state index contributed by atoms with van der Waals surface area (Å²) in [4.78, 5) is 23.7. The van der Waals surface area contributed by atoms with Crippen molar-refractivity contribution in [2.24, 2.45) is 4.99 Å². The largest absolute Gasteiger partial charge is 0.493 e. The van der Waals surface area contributed by atoms with E-state index >= 15 is 0 Å². The summed E-state index contributed by atoms with van der Waals surface area (Å²) in [5.74, 6) is 1.67. The predicted octanol–water partition coefficient (Wildman–Crippen LogP) is 3.89. The van der Waals surface area contributed by atoms with Gasteiger partial charge >= 0.3 is 0 Å². The molecule has 0 saturated carbocycles. The van der Waals surface area contributed by atoms with Gasteiger partial charge in [-0.15, -0.1) is 6.58 Å². The lowest BCUT2D eigenvalue weighted by molar-refractivity contribution is -0.121. The fourth-order valence-corrected chi connectivity index (χ4v) is 3.49. The molecule has 0 N–H and O–H groups in total. The van der Waals surface area contributed by atoms with Gasteiger partial charge in [0.15, 0.2) is 22.5 Å². The normalized spacial score (nSPS) is 16.8. The van der Waals surface area contributed by atoms with Crippen molar-refractivity contribution in [1.82, 2.24) is 9.88 Å². The van der Waals surface area contributed by atoms with E-state index in [0.717, 1.165) is 5.56 Å². The van der Waals surface area contributed by atoms with Crippen molar-refractivity contribution in [3.05, 3.63) is 65.7 Å². The lowest BCUT2D eigenvalue weighted by Gasteiger charge is -2.12. The quantitative estimate of drug-likeness (QED) is 0.561. The molecule has 6 nitrogen and oxygen atoms in total. The SMILES string of the molecule is C=CCN1C(=O)/C(=C/c2ccc(OC)c(OC)c2)S/C1=N/c1ccccn1. The van der Waals surface area contributed by atoms with Crippen LogP contribution in [0.2, 0.25) is 0 Å². The summed E-state index contributed by atoms with van der Waals surface area (Å²) in [5.41, 5.74) is 0.834. The molecule has 3 rings (SSSR count). The second-order valence-electron chi connectivity index (χ2n) is 5.51. The number of amides is 1. The Kier molecular flexibility index (Phi) is 5.93. The number of thioether (sulfide) groups is 1. The van der Waals surface area contributed by atoms with Gasteiger partial charge in [-0.1, -0.05) is 18.2 Å². The van der Waals surface area contributed by atoms with Gasteiger partial charge in [0.2, 0.25) is 0 Å². The van der Waals surface area contributed by atoms with Crippen LogP contribution in [0.5, 0.6) is 11.5 Å². The number of hydrogen-bond donors (Lipinski definition) is 0. The highest BCUT2D eigenvalue weighted by atomic mass is 32.2. The lowest BCUT2D eigenvalue weighted by atomic mass is 10.2. The molecule has 0 atom stereocenters. The molecule has 1 aromatic heterocycles. The van der Waals surface area contributed by atoms with Crippen LogP contribution in [0, 0.1) is 0 Å². The number of rotatable bonds is 6. The number of pyridine rings is 1.